The van der Waals surface area contributed by atoms with Gasteiger partial charge in [-0.3, -0.25) is 4.90 Å². The van der Waals surface area contributed by atoms with E-state index in [2.05, 4.69) is 36.3 Å². The molecule has 0 bridgehead atoms. The Bertz CT molecular complexity index is 541. The van der Waals surface area contributed by atoms with E-state index in [1.54, 1.807) is 23.5 Å². The average Bonchev–Trinajstić information content (AvgIpc) is 2.99. The van der Waals surface area contributed by atoms with Crippen LogP contribution in [0.2, 0.25) is 0 Å². The monoisotopic (exact) mass is 306 g/mol. The van der Waals surface area contributed by atoms with Crippen molar-refractivity contribution in [1.29, 1.82) is 0 Å². The van der Waals surface area contributed by atoms with Gasteiger partial charge in [-0.1, -0.05) is 38.1 Å². The number of nitrogens with two attached hydrogens (primary N) is 1. The first-order valence-electron chi connectivity index (χ1n) is 7.36. The number of rotatable bonds is 7. The molecule has 2 rings (SSSR count). The van der Waals surface area contributed by atoms with Crippen LogP contribution in [0.15, 0.2) is 41.8 Å². The smallest absolute Gasteiger partial charge is 0.127 e. The van der Waals surface area contributed by atoms with E-state index < -0.39 is 0 Å². The van der Waals surface area contributed by atoms with Crippen molar-refractivity contribution in [2.24, 2.45) is 11.7 Å². The highest BCUT2D eigenvalue weighted by atomic mass is 32.1. The predicted molar refractivity (Wildman–Crippen MR) is 87.8 cm³/mol. The van der Waals surface area contributed by atoms with Crippen LogP contribution in [0.3, 0.4) is 0 Å². The predicted octanol–water partition coefficient (Wildman–Crippen LogP) is 4.05. The summed E-state index contributed by atoms with van der Waals surface area (Å²) in [6, 6.07) is 10.7. The minimum Gasteiger partial charge on any atom is -0.324 e. The second-order valence-electron chi connectivity index (χ2n) is 5.43. The van der Waals surface area contributed by atoms with Crippen molar-refractivity contribution in [2.75, 3.05) is 13.1 Å². The van der Waals surface area contributed by atoms with Gasteiger partial charge in [-0.05, 0) is 30.0 Å². The Morgan fingerprint density at radius 1 is 1.24 bits per heavy atom. The third-order valence-electron chi connectivity index (χ3n) is 3.83. The number of halogens is 1. The molecule has 0 radical (unpaired) electrons. The Labute approximate surface area is 130 Å². The highest BCUT2D eigenvalue weighted by Gasteiger charge is 2.20. The quantitative estimate of drug-likeness (QED) is 0.836. The van der Waals surface area contributed by atoms with Gasteiger partial charge in [-0.15, -0.1) is 11.3 Å². The molecule has 0 fully saturated rings. The lowest BCUT2D eigenvalue weighted by Crippen LogP contribution is -2.33. The Morgan fingerprint density at radius 3 is 2.62 bits per heavy atom. The zero-order valence-corrected chi connectivity index (χ0v) is 13.4. The minimum atomic E-state index is -0.274. The van der Waals surface area contributed by atoms with Crippen LogP contribution in [-0.2, 0) is 6.54 Å². The molecule has 0 saturated heterocycles. The molecule has 0 amide bonds. The minimum absolute atomic E-state index is 0.196. The number of thiophene rings is 1. The first kappa shape index (κ1) is 16.1. The zero-order chi connectivity index (χ0) is 15.2. The standard InChI is InChI=1S/C17H23FN2S/c1-3-20(12-14-7-6-10-21-14)11-13(2)17(19)15-8-4-5-9-16(15)18/h4-10,13,17H,3,11-12,19H2,1-2H3. The Balaban J connectivity index is 1.98. The molecular formula is C17H23FN2S. The van der Waals surface area contributed by atoms with E-state index in [-0.39, 0.29) is 17.8 Å². The van der Waals surface area contributed by atoms with Crippen LogP contribution in [0, 0.1) is 11.7 Å². The van der Waals surface area contributed by atoms with Crippen LogP contribution in [0.25, 0.3) is 0 Å². The normalized spacial score (nSPS) is 14.3. The Kier molecular flexibility index (Phi) is 5.91. The number of hydrogen-bond donors (Lipinski definition) is 1. The molecule has 1 aromatic carbocycles. The maximum absolute atomic E-state index is 13.8. The van der Waals surface area contributed by atoms with Gasteiger partial charge in [0.2, 0.25) is 0 Å². The summed E-state index contributed by atoms with van der Waals surface area (Å²) in [7, 11) is 0. The molecule has 21 heavy (non-hydrogen) atoms. The molecule has 0 aliphatic heterocycles. The van der Waals surface area contributed by atoms with Crippen LogP contribution in [0.1, 0.15) is 30.3 Å². The number of nitrogens with zero attached hydrogens (tertiary/aromatic N) is 1. The van der Waals surface area contributed by atoms with E-state index in [0.29, 0.717) is 5.56 Å². The summed E-state index contributed by atoms with van der Waals surface area (Å²) < 4.78 is 13.8. The molecule has 2 nitrogen and oxygen atoms in total. The van der Waals surface area contributed by atoms with Gasteiger partial charge < -0.3 is 5.73 Å². The lowest BCUT2D eigenvalue weighted by Gasteiger charge is -2.28. The zero-order valence-electron chi connectivity index (χ0n) is 12.6. The van der Waals surface area contributed by atoms with Crippen molar-refractivity contribution < 1.29 is 4.39 Å². The highest BCUT2D eigenvalue weighted by Crippen LogP contribution is 2.23. The van der Waals surface area contributed by atoms with Gasteiger partial charge in [0.05, 0.1) is 0 Å². The number of benzene rings is 1. The van der Waals surface area contributed by atoms with Gasteiger partial charge in [0.25, 0.3) is 0 Å². The largest absolute Gasteiger partial charge is 0.324 e. The van der Waals surface area contributed by atoms with Gasteiger partial charge in [-0.25, -0.2) is 4.39 Å². The first-order chi connectivity index (χ1) is 10.1. The van der Waals surface area contributed by atoms with Crippen LogP contribution in [0.4, 0.5) is 4.39 Å². The summed E-state index contributed by atoms with van der Waals surface area (Å²) in [5.74, 6) is -0.0139. The van der Waals surface area contributed by atoms with Crippen molar-refractivity contribution in [2.45, 2.75) is 26.4 Å². The van der Waals surface area contributed by atoms with Gasteiger partial charge in [0.15, 0.2) is 0 Å². The fourth-order valence-corrected chi connectivity index (χ4v) is 3.25. The van der Waals surface area contributed by atoms with E-state index in [0.717, 1.165) is 19.6 Å². The highest BCUT2D eigenvalue weighted by molar-refractivity contribution is 7.09. The summed E-state index contributed by atoms with van der Waals surface area (Å²) in [4.78, 5) is 3.71. The van der Waals surface area contributed by atoms with Crippen LogP contribution < -0.4 is 5.73 Å². The molecule has 1 aromatic heterocycles. The summed E-state index contributed by atoms with van der Waals surface area (Å²) in [6.45, 7) is 7.00. The topological polar surface area (TPSA) is 29.3 Å². The molecule has 114 valence electrons. The van der Waals surface area contributed by atoms with Crippen LogP contribution in [-0.4, -0.2) is 18.0 Å². The molecule has 2 N–H and O–H groups in total. The van der Waals surface area contributed by atoms with E-state index in [1.807, 2.05) is 6.07 Å². The van der Waals surface area contributed by atoms with Crippen molar-refractivity contribution >= 4 is 11.3 Å². The lowest BCUT2D eigenvalue weighted by molar-refractivity contribution is 0.225. The van der Waals surface area contributed by atoms with Crippen molar-refractivity contribution in [3.05, 3.63) is 58.0 Å². The first-order valence-corrected chi connectivity index (χ1v) is 8.24. The van der Waals surface area contributed by atoms with E-state index in [1.165, 1.54) is 10.9 Å². The Morgan fingerprint density at radius 2 is 2.00 bits per heavy atom. The second kappa shape index (κ2) is 7.69. The SMILES string of the molecule is CCN(Cc1cccs1)CC(C)C(N)c1ccccc1F. The fourth-order valence-electron chi connectivity index (χ4n) is 2.50. The van der Waals surface area contributed by atoms with E-state index in [9.17, 15) is 4.39 Å². The summed E-state index contributed by atoms with van der Waals surface area (Å²) >= 11 is 1.77. The van der Waals surface area contributed by atoms with Crippen molar-refractivity contribution in [1.82, 2.24) is 4.90 Å². The lowest BCUT2D eigenvalue weighted by atomic mass is 9.94. The average molecular weight is 306 g/mol. The maximum atomic E-state index is 13.8. The summed E-state index contributed by atoms with van der Waals surface area (Å²) in [5, 5.41) is 2.09. The molecule has 0 aliphatic carbocycles. The molecule has 0 spiro atoms. The van der Waals surface area contributed by atoms with Crippen LogP contribution in [0.5, 0.6) is 0 Å². The third kappa shape index (κ3) is 4.37. The summed E-state index contributed by atoms with van der Waals surface area (Å²) in [5.41, 5.74) is 6.86. The number of hydrogen-bond acceptors (Lipinski definition) is 3. The van der Waals surface area contributed by atoms with Crippen molar-refractivity contribution in [3.63, 3.8) is 0 Å². The van der Waals surface area contributed by atoms with Gasteiger partial charge in [-0.2, -0.15) is 0 Å². The van der Waals surface area contributed by atoms with E-state index >= 15 is 0 Å². The molecular weight excluding hydrogens is 283 g/mol. The molecule has 0 aliphatic rings. The molecule has 4 heteroatoms. The maximum Gasteiger partial charge on any atom is 0.127 e. The Hall–Kier alpha value is -1.23. The third-order valence-corrected chi connectivity index (χ3v) is 4.69. The van der Waals surface area contributed by atoms with Gasteiger partial charge in [0.1, 0.15) is 5.82 Å². The summed E-state index contributed by atoms with van der Waals surface area (Å²) in [6.07, 6.45) is 0. The molecule has 2 unspecified atom stereocenters. The molecule has 0 saturated carbocycles. The van der Waals surface area contributed by atoms with Gasteiger partial charge in [0, 0.05) is 29.6 Å². The van der Waals surface area contributed by atoms with Crippen LogP contribution >= 0.6 is 11.3 Å². The second-order valence-corrected chi connectivity index (χ2v) is 6.46. The fraction of sp³-hybridized carbons (Fsp3) is 0.412. The molecule has 1 heterocycles. The van der Waals surface area contributed by atoms with E-state index in [4.69, 9.17) is 5.73 Å². The van der Waals surface area contributed by atoms with Gasteiger partial charge >= 0.3 is 0 Å². The van der Waals surface area contributed by atoms with Crippen molar-refractivity contribution in [3.8, 4) is 0 Å². The molecule has 2 aromatic rings. The molecule has 2 atom stereocenters.